The molecule has 0 aromatic heterocycles. The van der Waals surface area contributed by atoms with Crippen LogP contribution in [0.2, 0.25) is 0 Å². The van der Waals surface area contributed by atoms with E-state index < -0.39 is 10.7 Å². The molecule has 10 heavy (non-hydrogen) atoms. The summed E-state index contributed by atoms with van der Waals surface area (Å²) in [7, 11) is 0. The summed E-state index contributed by atoms with van der Waals surface area (Å²) in [5.74, 6) is -0.809. The summed E-state index contributed by atoms with van der Waals surface area (Å²) in [6.45, 7) is 0. The number of carbonyl (C=O) groups is 2. The molecule has 0 aromatic carbocycles. The topological polar surface area (TPSA) is 54.4 Å². The van der Waals surface area contributed by atoms with E-state index >= 15 is 0 Å². The number of hydrogen-bond donors (Lipinski definition) is 1. The molecule has 0 spiro atoms. The molecule has 4 heteroatoms. The summed E-state index contributed by atoms with van der Waals surface area (Å²) in [6.07, 6.45) is 2.12. The highest BCUT2D eigenvalue weighted by molar-refractivity contribution is 8.00. The van der Waals surface area contributed by atoms with Gasteiger partial charge in [-0.3, -0.25) is 9.59 Å². The number of hydrogen-bond acceptors (Lipinski definition) is 3. The molecule has 1 aliphatic carbocycles. The number of aliphatic carboxylic acids is 1. The Morgan fingerprint density at radius 3 is 2.30 bits per heavy atom. The highest BCUT2D eigenvalue weighted by atomic mass is 32.2. The first-order valence-electron chi connectivity index (χ1n) is 2.91. The van der Waals surface area contributed by atoms with Gasteiger partial charge in [0.15, 0.2) is 0 Å². The number of thioether (sulfide) groups is 1. The van der Waals surface area contributed by atoms with Crippen LogP contribution in [0.3, 0.4) is 0 Å². The zero-order chi connectivity index (χ0) is 7.78. The summed E-state index contributed by atoms with van der Waals surface area (Å²) in [6, 6.07) is 0. The molecule has 0 bridgehead atoms. The van der Waals surface area contributed by atoms with Crippen molar-refractivity contribution in [3.8, 4) is 0 Å². The lowest BCUT2D eigenvalue weighted by Crippen LogP contribution is -2.47. The van der Waals surface area contributed by atoms with Gasteiger partial charge in [-0.2, -0.15) is 0 Å². The van der Waals surface area contributed by atoms with E-state index in [1.165, 1.54) is 11.8 Å². The van der Waals surface area contributed by atoms with Crippen LogP contribution in [0.25, 0.3) is 0 Å². The Balaban J connectivity index is 2.65. The van der Waals surface area contributed by atoms with Gasteiger partial charge in [0.05, 0.1) is 0 Å². The van der Waals surface area contributed by atoms with Gasteiger partial charge >= 0.3 is 5.97 Å². The Labute approximate surface area is 62.8 Å². The highest BCUT2D eigenvalue weighted by Crippen LogP contribution is 2.40. The number of rotatable bonds is 2. The van der Waals surface area contributed by atoms with Gasteiger partial charge in [0.2, 0.25) is 0 Å². The lowest BCUT2D eigenvalue weighted by atomic mass is 9.83. The fourth-order valence-electron chi connectivity index (χ4n) is 0.968. The van der Waals surface area contributed by atoms with Crippen molar-refractivity contribution in [1.82, 2.24) is 0 Å². The average Bonchev–Trinajstić information content (AvgIpc) is 1.79. The molecule has 1 aliphatic rings. The van der Waals surface area contributed by atoms with Crippen molar-refractivity contribution in [1.29, 1.82) is 0 Å². The van der Waals surface area contributed by atoms with E-state index in [0.29, 0.717) is 0 Å². The van der Waals surface area contributed by atoms with Gasteiger partial charge in [0, 0.05) is 12.8 Å². The fraction of sp³-hybridized carbons (Fsp3) is 0.667. The van der Waals surface area contributed by atoms with Crippen molar-refractivity contribution in [2.75, 3.05) is 6.26 Å². The normalized spacial score (nSPS) is 21.9. The van der Waals surface area contributed by atoms with Gasteiger partial charge in [-0.1, -0.05) is 0 Å². The van der Waals surface area contributed by atoms with Crippen molar-refractivity contribution < 1.29 is 14.7 Å². The van der Waals surface area contributed by atoms with E-state index in [1.54, 1.807) is 6.26 Å². The maximum atomic E-state index is 10.5. The van der Waals surface area contributed by atoms with Crippen LogP contribution < -0.4 is 0 Å². The molecule has 1 N–H and O–H groups in total. The van der Waals surface area contributed by atoms with Crippen LogP contribution in [-0.4, -0.2) is 27.9 Å². The smallest absolute Gasteiger partial charge is 0.320 e. The molecule has 0 aromatic rings. The Morgan fingerprint density at radius 2 is 2.20 bits per heavy atom. The van der Waals surface area contributed by atoms with Gasteiger partial charge in [-0.05, 0) is 6.26 Å². The summed E-state index contributed by atoms with van der Waals surface area (Å²) < 4.78 is -0.781. The Hall–Kier alpha value is -0.510. The minimum atomic E-state index is -0.861. The predicted molar refractivity (Wildman–Crippen MR) is 38.1 cm³/mol. The second-order valence-corrected chi connectivity index (χ2v) is 3.59. The van der Waals surface area contributed by atoms with Gasteiger partial charge < -0.3 is 5.11 Å². The van der Waals surface area contributed by atoms with Crippen molar-refractivity contribution in [3.05, 3.63) is 0 Å². The SMILES string of the molecule is CSC1(C(=O)O)CC(=O)C1. The average molecular weight is 160 g/mol. The number of carboxylic acid groups (broad SMARTS) is 1. The van der Waals surface area contributed by atoms with E-state index in [9.17, 15) is 9.59 Å². The quantitative estimate of drug-likeness (QED) is 0.640. The van der Waals surface area contributed by atoms with E-state index in [2.05, 4.69) is 0 Å². The molecule has 0 saturated heterocycles. The summed E-state index contributed by atoms with van der Waals surface area (Å²) in [5, 5.41) is 8.63. The molecule has 0 atom stereocenters. The number of carboxylic acids is 1. The zero-order valence-electron chi connectivity index (χ0n) is 5.59. The van der Waals surface area contributed by atoms with Crippen molar-refractivity contribution >= 4 is 23.5 Å². The molecule has 1 saturated carbocycles. The molecule has 0 aliphatic heterocycles. The standard InChI is InChI=1S/C6H8O3S/c1-10-6(5(8)9)2-4(7)3-6/h2-3H2,1H3,(H,8,9). The zero-order valence-corrected chi connectivity index (χ0v) is 6.40. The number of Topliss-reactive ketones (excluding diaryl/α,β-unsaturated/α-hetero) is 1. The van der Waals surface area contributed by atoms with Gasteiger partial charge in [-0.15, -0.1) is 11.8 Å². The van der Waals surface area contributed by atoms with Crippen molar-refractivity contribution in [2.45, 2.75) is 17.6 Å². The summed E-state index contributed by atoms with van der Waals surface area (Å²) >= 11 is 1.25. The minimum absolute atomic E-state index is 0.0525. The Morgan fingerprint density at radius 1 is 1.70 bits per heavy atom. The van der Waals surface area contributed by atoms with Crippen molar-refractivity contribution in [3.63, 3.8) is 0 Å². The van der Waals surface area contributed by atoms with E-state index in [4.69, 9.17) is 5.11 Å². The summed E-state index contributed by atoms with van der Waals surface area (Å²) in [4.78, 5) is 21.0. The minimum Gasteiger partial charge on any atom is -0.480 e. The largest absolute Gasteiger partial charge is 0.480 e. The molecule has 3 nitrogen and oxygen atoms in total. The first kappa shape index (κ1) is 7.60. The molecular weight excluding hydrogens is 152 g/mol. The van der Waals surface area contributed by atoms with Gasteiger partial charge in [0.25, 0.3) is 0 Å². The van der Waals surface area contributed by atoms with Crippen LogP contribution in [0.15, 0.2) is 0 Å². The molecular formula is C6H8O3S. The molecule has 0 unspecified atom stereocenters. The third-order valence-electron chi connectivity index (χ3n) is 1.75. The molecule has 56 valence electrons. The van der Waals surface area contributed by atoms with E-state index in [0.717, 1.165) is 0 Å². The third-order valence-corrected chi connectivity index (χ3v) is 2.99. The molecule has 1 fully saturated rings. The first-order valence-corrected chi connectivity index (χ1v) is 4.13. The van der Waals surface area contributed by atoms with Gasteiger partial charge in [-0.25, -0.2) is 0 Å². The molecule has 0 radical (unpaired) electrons. The molecule has 0 amide bonds. The number of ketones is 1. The maximum absolute atomic E-state index is 10.5. The highest BCUT2D eigenvalue weighted by Gasteiger charge is 2.49. The fourth-order valence-corrected chi connectivity index (χ4v) is 1.75. The Kier molecular flexibility index (Phi) is 1.72. The second-order valence-electron chi connectivity index (χ2n) is 2.40. The van der Waals surface area contributed by atoms with Crippen LogP contribution in [0.5, 0.6) is 0 Å². The van der Waals surface area contributed by atoms with Crippen LogP contribution in [-0.2, 0) is 9.59 Å². The van der Waals surface area contributed by atoms with Crippen molar-refractivity contribution in [2.24, 2.45) is 0 Å². The monoisotopic (exact) mass is 160 g/mol. The summed E-state index contributed by atoms with van der Waals surface area (Å²) in [5.41, 5.74) is 0. The molecule has 0 heterocycles. The van der Waals surface area contributed by atoms with Crippen LogP contribution in [0.1, 0.15) is 12.8 Å². The predicted octanol–water partition coefficient (Wildman–Crippen LogP) is 0.536. The number of carbonyl (C=O) groups excluding carboxylic acids is 1. The molecule has 1 rings (SSSR count). The lowest BCUT2D eigenvalue weighted by Gasteiger charge is -2.33. The maximum Gasteiger partial charge on any atom is 0.320 e. The second kappa shape index (κ2) is 2.27. The van der Waals surface area contributed by atoms with E-state index in [1.807, 2.05) is 0 Å². The first-order chi connectivity index (χ1) is 4.60. The Bertz CT molecular complexity index is 179. The van der Waals surface area contributed by atoms with Crippen LogP contribution in [0.4, 0.5) is 0 Å². The van der Waals surface area contributed by atoms with Gasteiger partial charge in [0.1, 0.15) is 10.5 Å². The van der Waals surface area contributed by atoms with Crippen LogP contribution in [0, 0.1) is 0 Å². The lowest BCUT2D eigenvalue weighted by molar-refractivity contribution is -0.147. The van der Waals surface area contributed by atoms with Crippen LogP contribution >= 0.6 is 11.8 Å². The van der Waals surface area contributed by atoms with E-state index in [-0.39, 0.29) is 18.6 Å². The third kappa shape index (κ3) is 0.923.